The molecule has 0 unspecified atom stereocenters. The van der Waals surface area contributed by atoms with Crippen molar-refractivity contribution in [2.45, 2.75) is 33.1 Å². The summed E-state index contributed by atoms with van der Waals surface area (Å²) < 4.78 is 5.01. The van der Waals surface area contributed by atoms with Gasteiger partial charge < -0.3 is 4.74 Å². The maximum absolute atomic E-state index is 5.01. The van der Waals surface area contributed by atoms with E-state index in [1.807, 2.05) is 19.1 Å². The Bertz CT molecular complexity index is 114. The minimum atomic E-state index is 0.749. The first-order chi connectivity index (χ1) is 5.41. The highest BCUT2D eigenvalue weighted by atomic mass is 16.5. The number of ether oxygens (including phenoxy) is 1. The second-order valence-electron chi connectivity index (χ2n) is 2.35. The van der Waals surface area contributed by atoms with Crippen LogP contribution in [0.25, 0.3) is 0 Å². The molecule has 0 aliphatic heterocycles. The third kappa shape index (κ3) is 9.28. The van der Waals surface area contributed by atoms with E-state index in [4.69, 9.17) is 4.74 Å². The predicted molar refractivity (Wildman–Crippen MR) is 49.4 cm³/mol. The van der Waals surface area contributed by atoms with Gasteiger partial charge in [0.15, 0.2) is 0 Å². The zero-order chi connectivity index (χ0) is 8.36. The van der Waals surface area contributed by atoms with Crippen molar-refractivity contribution in [3.63, 3.8) is 0 Å². The fourth-order valence-electron chi connectivity index (χ4n) is 0.694. The van der Waals surface area contributed by atoms with Crippen molar-refractivity contribution >= 4 is 0 Å². The van der Waals surface area contributed by atoms with Crippen LogP contribution in [0.1, 0.15) is 33.1 Å². The van der Waals surface area contributed by atoms with Crippen LogP contribution in [0, 0.1) is 0 Å². The molecular weight excluding hydrogens is 136 g/mol. The van der Waals surface area contributed by atoms with Crippen LogP contribution in [0.5, 0.6) is 0 Å². The van der Waals surface area contributed by atoms with Gasteiger partial charge in [-0.05, 0) is 19.4 Å². The Morgan fingerprint density at radius 2 is 2.00 bits per heavy atom. The molecule has 0 N–H and O–H groups in total. The minimum Gasteiger partial charge on any atom is -0.501 e. The molecule has 0 aliphatic rings. The van der Waals surface area contributed by atoms with Gasteiger partial charge in [0.25, 0.3) is 0 Å². The molecule has 0 aromatic rings. The summed E-state index contributed by atoms with van der Waals surface area (Å²) in [4.78, 5) is 0. The van der Waals surface area contributed by atoms with Gasteiger partial charge in [0.1, 0.15) is 0 Å². The zero-order valence-electron chi connectivity index (χ0n) is 7.55. The monoisotopic (exact) mass is 154 g/mol. The number of hydrogen-bond donors (Lipinski definition) is 0. The van der Waals surface area contributed by atoms with Crippen LogP contribution in [-0.2, 0) is 4.74 Å². The van der Waals surface area contributed by atoms with E-state index in [1.54, 1.807) is 6.26 Å². The van der Waals surface area contributed by atoms with E-state index in [0.29, 0.717) is 0 Å². The van der Waals surface area contributed by atoms with E-state index in [1.165, 1.54) is 19.3 Å². The summed E-state index contributed by atoms with van der Waals surface area (Å²) >= 11 is 0. The van der Waals surface area contributed by atoms with E-state index in [2.05, 4.69) is 13.0 Å². The maximum Gasteiger partial charge on any atom is 0.0845 e. The Hall–Kier alpha value is -0.720. The number of hydrogen-bond acceptors (Lipinski definition) is 1. The second kappa shape index (κ2) is 9.28. The van der Waals surface area contributed by atoms with Crippen LogP contribution in [0.3, 0.4) is 0 Å². The van der Waals surface area contributed by atoms with E-state index in [-0.39, 0.29) is 0 Å². The van der Waals surface area contributed by atoms with Gasteiger partial charge in [-0.3, -0.25) is 0 Å². The number of rotatable bonds is 6. The summed E-state index contributed by atoms with van der Waals surface area (Å²) in [6.45, 7) is 4.92. The molecule has 0 heterocycles. The highest BCUT2D eigenvalue weighted by Crippen LogP contribution is 1.94. The van der Waals surface area contributed by atoms with E-state index < -0.39 is 0 Å². The summed E-state index contributed by atoms with van der Waals surface area (Å²) in [5.74, 6) is 0. The lowest BCUT2D eigenvalue weighted by atomic mass is 10.2. The second-order valence-corrected chi connectivity index (χ2v) is 2.35. The quantitative estimate of drug-likeness (QED) is 0.324. The van der Waals surface area contributed by atoms with Crippen molar-refractivity contribution in [3.8, 4) is 0 Å². The highest BCUT2D eigenvalue weighted by molar-refractivity contribution is 4.99. The molecule has 0 aromatic carbocycles. The highest BCUT2D eigenvalue weighted by Gasteiger charge is 1.75. The fraction of sp³-hybridized carbons (Fsp3) is 0.600. The van der Waals surface area contributed by atoms with Crippen molar-refractivity contribution in [2.75, 3.05) is 6.61 Å². The number of allylic oxidation sites excluding steroid dienone is 3. The van der Waals surface area contributed by atoms with Gasteiger partial charge in [0, 0.05) is 0 Å². The first-order valence-corrected chi connectivity index (χ1v) is 4.35. The molecule has 0 amide bonds. The van der Waals surface area contributed by atoms with E-state index in [9.17, 15) is 0 Å². The predicted octanol–water partition coefficient (Wildman–Crippen LogP) is 3.28. The van der Waals surface area contributed by atoms with E-state index >= 15 is 0 Å². The van der Waals surface area contributed by atoms with Crippen molar-refractivity contribution in [1.82, 2.24) is 0 Å². The topological polar surface area (TPSA) is 9.23 Å². The van der Waals surface area contributed by atoms with Crippen LogP contribution >= 0.6 is 0 Å². The molecule has 64 valence electrons. The Balaban J connectivity index is 3.14. The SMILES string of the molecule is CCCC/C=C/C=C/OCC. The maximum atomic E-state index is 5.01. The van der Waals surface area contributed by atoms with Crippen LogP contribution in [0.4, 0.5) is 0 Å². The lowest BCUT2D eigenvalue weighted by Gasteiger charge is -1.89. The van der Waals surface area contributed by atoms with Gasteiger partial charge in [-0.15, -0.1) is 0 Å². The Labute approximate surface area is 69.8 Å². The average Bonchev–Trinajstić information content (AvgIpc) is 2.03. The summed E-state index contributed by atoms with van der Waals surface area (Å²) in [6.07, 6.45) is 11.6. The molecule has 11 heavy (non-hydrogen) atoms. The molecule has 0 aliphatic carbocycles. The summed E-state index contributed by atoms with van der Waals surface area (Å²) in [5.41, 5.74) is 0. The van der Waals surface area contributed by atoms with Crippen molar-refractivity contribution in [3.05, 3.63) is 24.5 Å². The molecule has 1 heteroatoms. The van der Waals surface area contributed by atoms with Crippen LogP contribution in [0.15, 0.2) is 24.5 Å². The Kier molecular flexibility index (Phi) is 8.67. The van der Waals surface area contributed by atoms with Crippen LogP contribution < -0.4 is 0 Å². The minimum absolute atomic E-state index is 0.749. The van der Waals surface area contributed by atoms with Gasteiger partial charge in [-0.1, -0.05) is 31.9 Å². The normalized spacial score (nSPS) is 11.5. The van der Waals surface area contributed by atoms with Crippen molar-refractivity contribution < 1.29 is 4.74 Å². The lowest BCUT2D eigenvalue weighted by Crippen LogP contribution is -1.74. The van der Waals surface area contributed by atoms with Crippen molar-refractivity contribution in [1.29, 1.82) is 0 Å². The fourth-order valence-corrected chi connectivity index (χ4v) is 0.694. The smallest absolute Gasteiger partial charge is 0.0845 e. The Morgan fingerprint density at radius 3 is 2.64 bits per heavy atom. The Morgan fingerprint density at radius 1 is 1.18 bits per heavy atom. The van der Waals surface area contributed by atoms with Gasteiger partial charge in [0.05, 0.1) is 12.9 Å². The molecule has 0 spiro atoms. The molecule has 0 fully saturated rings. The van der Waals surface area contributed by atoms with Gasteiger partial charge in [-0.2, -0.15) is 0 Å². The molecule has 0 rings (SSSR count). The third-order valence-corrected chi connectivity index (χ3v) is 1.31. The molecule has 0 saturated heterocycles. The average molecular weight is 154 g/mol. The molecule has 0 bridgehead atoms. The van der Waals surface area contributed by atoms with Crippen LogP contribution in [-0.4, -0.2) is 6.61 Å². The molecule has 1 nitrogen and oxygen atoms in total. The number of unbranched alkanes of at least 4 members (excludes halogenated alkanes) is 2. The van der Waals surface area contributed by atoms with Gasteiger partial charge in [-0.25, -0.2) is 0 Å². The summed E-state index contributed by atoms with van der Waals surface area (Å²) in [6, 6.07) is 0. The third-order valence-electron chi connectivity index (χ3n) is 1.31. The zero-order valence-corrected chi connectivity index (χ0v) is 7.55. The van der Waals surface area contributed by atoms with Crippen LogP contribution in [0.2, 0.25) is 0 Å². The van der Waals surface area contributed by atoms with E-state index in [0.717, 1.165) is 6.61 Å². The largest absolute Gasteiger partial charge is 0.501 e. The molecule has 0 aromatic heterocycles. The van der Waals surface area contributed by atoms with Crippen molar-refractivity contribution in [2.24, 2.45) is 0 Å². The molecule has 0 radical (unpaired) electrons. The first kappa shape index (κ1) is 10.3. The molecule has 0 saturated carbocycles. The standard InChI is InChI=1S/C10H18O/c1-3-5-6-7-8-9-10-11-4-2/h7-10H,3-6H2,1-2H3/b8-7+,10-9+. The van der Waals surface area contributed by atoms with Gasteiger partial charge >= 0.3 is 0 Å². The van der Waals surface area contributed by atoms with Gasteiger partial charge in [0.2, 0.25) is 0 Å². The molecule has 0 atom stereocenters. The summed E-state index contributed by atoms with van der Waals surface area (Å²) in [5, 5.41) is 0. The lowest BCUT2D eigenvalue weighted by molar-refractivity contribution is 0.269. The first-order valence-electron chi connectivity index (χ1n) is 4.35. The molecular formula is C10H18O. The summed E-state index contributed by atoms with van der Waals surface area (Å²) in [7, 11) is 0.